The van der Waals surface area contributed by atoms with Crippen LogP contribution in [0.15, 0.2) is 35.7 Å². The van der Waals surface area contributed by atoms with Gasteiger partial charge in [0.05, 0.1) is 11.3 Å². The number of aromatic nitrogens is 2. The largest absolute Gasteiger partial charge is 0.356 e. The van der Waals surface area contributed by atoms with Crippen molar-refractivity contribution in [3.05, 3.63) is 52.4 Å². The molecule has 1 saturated heterocycles. The van der Waals surface area contributed by atoms with Gasteiger partial charge >= 0.3 is 0 Å². The molecule has 3 N–H and O–H groups in total. The highest BCUT2D eigenvalue weighted by atomic mass is 79.9. The Kier molecular flexibility index (Phi) is 8.66. The van der Waals surface area contributed by atoms with Gasteiger partial charge in [-0.3, -0.25) is 0 Å². The molecule has 0 bridgehead atoms. The highest BCUT2D eigenvalue weighted by Crippen LogP contribution is 2.34. The van der Waals surface area contributed by atoms with Crippen LogP contribution < -0.4 is 16.1 Å². The Morgan fingerprint density at radius 2 is 1.97 bits per heavy atom. The molecule has 1 fully saturated rings. The summed E-state index contributed by atoms with van der Waals surface area (Å²) >= 11 is 9.59. The molecule has 3 rings (SSSR count). The number of hydrogen-bond acceptors (Lipinski definition) is 7. The average Bonchev–Trinajstić information content (AvgIpc) is 2.77. The standard InChI is InChI=1S/C22H31BrClN7/c1-15-19(21(23)29-25)22(28-14-27-15)31-11-8-17(9-12-31)20(26-10-13-30(2)3)16-4-6-18(24)7-5-16/h4-7,14,17,20,26H,8-13,25H2,1-3H3/b29-21+. The molecule has 1 aromatic carbocycles. The SMILES string of the molecule is Cc1ncnc(N2CCC(C(NCCN(C)C)c3ccc(Cl)cc3)CC2)c1/C(Br)=N\N. The lowest BCUT2D eigenvalue weighted by atomic mass is 9.85. The molecular weight excluding hydrogens is 478 g/mol. The van der Waals surface area contributed by atoms with Crippen LogP contribution in [0.1, 0.15) is 35.7 Å². The molecule has 1 aromatic heterocycles. The molecule has 7 nitrogen and oxygen atoms in total. The number of anilines is 1. The van der Waals surface area contributed by atoms with E-state index in [-0.39, 0.29) is 0 Å². The van der Waals surface area contributed by atoms with Crippen LogP contribution in [0, 0.1) is 12.8 Å². The summed E-state index contributed by atoms with van der Waals surface area (Å²) in [5, 5.41) is 8.37. The molecule has 1 unspecified atom stereocenters. The predicted octanol–water partition coefficient (Wildman–Crippen LogP) is 3.56. The molecule has 2 aromatic rings. The van der Waals surface area contributed by atoms with Crippen molar-refractivity contribution in [3.8, 4) is 0 Å². The fourth-order valence-electron chi connectivity index (χ4n) is 4.12. The summed E-state index contributed by atoms with van der Waals surface area (Å²) in [5.74, 6) is 6.93. The number of likely N-dealkylation sites (N-methyl/N-ethyl adjacent to an activating group) is 1. The lowest BCUT2D eigenvalue weighted by Gasteiger charge is -2.38. The summed E-state index contributed by atoms with van der Waals surface area (Å²) in [6, 6.07) is 8.53. The van der Waals surface area contributed by atoms with E-state index in [9.17, 15) is 0 Å². The van der Waals surface area contributed by atoms with Gasteiger partial charge in [-0.15, -0.1) is 0 Å². The molecule has 0 aliphatic carbocycles. The van der Waals surface area contributed by atoms with Crippen molar-refractivity contribution in [2.75, 3.05) is 45.2 Å². The summed E-state index contributed by atoms with van der Waals surface area (Å²) in [6.45, 7) is 5.72. The zero-order valence-electron chi connectivity index (χ0n) is 18.4. The Morgan fingerprint density at radius 1 is 1.29 bits per heavy atom. The van der Waals surface area contributed by atoms with Gasteiger partial charge in [0.15, 0.2) is 0 Å². The van der Waals surface area contributed by atoms with E-state index in [0.29, 0.717) is 16.6 Å². The molecule has 31 heavy (non-hydrogen) atoms. The van der Waals surface area contributed by atoms with Gasteiger partial charge < -0.3 is 21.0 Å². The minimum Gasteiger partial charge on any atom is -0.356 e. The van der Waals surface area contributed by atoms with Crippen LogP contribution in [-0.2, 0) is 0 Å². The van der Waals surface area contributed by atoms with Crippen LogP contribution >= 0.6 is 27.5 Å². The second kappa shape index (κ2) is 11.2. The van der Waals surface area contributed by atoms with E-state index in [4.69, 9.17) is 17.4 Å². The minimum absolute atomic E-state index is 0.295. The number of aryl methyl sites for hydroxylation is 1. The van der Waals surface area contributed by atoms with Gasteiger partial charge in [0.25, 0.3) is 0 Å². The quantitative estimate of drug-likeness (QED) is 0.322. The molecule has 0 radical (unpaired) electrons. The molecule has 0 saturated carbocycles. The maximum absolute atomic E-state index is 6.13. The molecular formula is C22H31BrClN7. The second-order valence-electron chi connectivity index (χ2n) is 8.19. The van der Waals surface area contributed by atoms with Crippen LogP contribution in [0.4, 0.5) is 5.82 Å². The van der Waals surface area contributed by atoms with Gasteiger partial charge in [-0.2, -0.15) is 5.10 Å². The van der Waals surface area contributed by atoms with E-state index in [1.54, 1.807) is 6.33 Å². The van der Waals surface area contributed by atoms with Crippen molar-refractivity contribution >= 4 is 38.0 Å². The number of halogens is 2. The van der Waals surface area contributed by atoms with Gasteiger partial charge in [0.2, 0.25) is 0 Å². The number of hydrogen-bond donors (Lipinski definition) is 2. The molecule has 168 valence electrons. The fourth-order valence-corrected chi connectivity index (χ4v) is 4.71. The lowest BCUT2D eigenvalue weighted by Crippen LogP contribution is -2.41. The molecule has 9 heteroatoms. The Balaban J connectivity index is 1.75. The van der Waals surface area contributed by atoms with Gasteiger partial charge in [-0.1, -0.05) is 23.7 Å². The van der Waals surface area contributed by atoms with Crippen LogP contribution in [0.5, 0.6) is 0 Å². The zero-order valence-corrected chi connectivity index (χ0v) is 20.7. The van der Waals surface area contributed by atoms with E-state index in [2.05, 4.69) is 72.3 Å². The summed E-state index contributed by atoms with van der Waals surface area (Å²) in [5.41, 5.74) is 3.01. The lowest BCUT2D eigenvalue weighted by molar-refractivity contribution is 0.286. The summed E-state index contributed by atoms with van der Waals surface area (Å²) < 4.78 is 0.576. The average molecular weight is 509 g/mol. The van der Waals surface area contributed by atoms with Crippen molar-refractivity contribution in [3.63, 3.8) is 0 Å². The Labute approximate surface area is 198 Å². The highest BCUT2D eigenvalue weighted by Gasteiger charge is 2.29. The summed E-state index contributed by atoms with van der Waals surface area (Å²) in [7, 11) is 4.20. The smallest absolute Gasteiger partial charge is 0.142 e. The summed E-state index contributed by atoms with van der Waals surface area (Å²) in [4.78, 5) is 13.4. The minimum atomic E-state index is 0.295. The number of nitrogens with one attached hydrogen (secondary N) is 1. The molecule has 1 aliphatic rings. The van der Waals surface area contributed by atoms with Crippen molar-refractivity contribution in [2.45, 2.75) is 25.8 Å². The number of hydrazone groups is 1. The van der Waals surface area contributed by atoms with Crippen molar-refractivity contribution < 1.29 is 0 Å². The van der Waals surface area contributed by atoms with E-state index < -0.39 is 0 Å². The van der Waals surface area contributed by atoms with Gasteiger partial charge in [0, 0.05) is 37.2 Å². The fraction of sp³-hybridized carbons (Fsp3) is 0.500. The number of nitrogens with two attached hydrogens (primary N) is 1. The first-order valence-electron chi connectivity index (χ1n) is 10.5. The maximum atomic E-state index is 6.13. The third kappa shape index (κ3) is 6.16. The maximum Gasteiger partial charge on any atom is 0.142 e. The Hall–Kier alpha value is -1.74. The van der Waals surface area contributed by atoms with Gasteiger partial charge in [-0.25, -0.2) is 9.97 Å². The monoisotopic (exact) mass is 507 g/mol. The Morgan fingerprint density at radius 3 is 2.58 bits per heavy atom. The zero-order chi connectivity index (χ0) is 22.4. The predicted molar refractivity (Wildman–Crippen MR) is 132 cm³/mol. The number of piperidine rings is 1. The molecule has 2 heterocycles. The van der Waals surface area contributed by atoms with E-state index >= 15 is 0 Å². The molecule has 0 amide bonds. The third-order valence-electron chi connectivity index (χ3n) is 5.80. The van der Waals surface area contributed by atoms with E-state index in [1.807, 2.05) is 19.1 Å². The molecule has 0 spiro atoms. The topological polar surface area (TPSA) is 82.7 Å². The van der Waals surface area contributed by atoms with E-state index in [0.717, 1.165) is 61.1 Å². The van der Waals surface area contributed by atoms with Crippen molar-refractivity contribution in [2.24, 2.45) is 16.9 Å². The highest BCUT2D eigenvalue weighted by molar-refractivity contribution is 9.18. The normalized spacial score (nSPS) is 16.7. The number of nitrogens with zero attached hydrogens (tertiary/aromatic N) is 5. The first-order valence-corrected chi connectivity index (χ1v) is 11.7. The second-order valence-corrected chi connectivity index (χ2v) is 9.38. The first kappa shape index (κ1) is 23.9. The van der Waals surface area contributed by atoms with Crippen molar-refractivity contribution in [1.29, 1.82) is 0 Å². The van der Waals surface area contributed by atoms with Gasteiger partial charge in [0.1, 0.15) is 16.8 Å². The molecule has 1 atom stereocenters. The number of benzene rings is 1. The third-order valence-corrected chi connectivity index (χ3v) is 6.65. The van der Waals surface area contributed by atoms with Crippen LogP contribution in [0.3, 0.4) is 0 Å². The summed E-state index contributed by atoms with van der Waals surface area (Å²) in [6.07, 6.45) is 3.72. The van der Waals surface area contributed by atoms with Gasteiger partial charge in [-0.05, 0) is 73.4 Å². The molecule has 1 aliphatic heterocycles. The number of rotatable bonds is 8. The first-order chi connectivity index (χ1) is 14.9. The van der Waals surface area contributed by atoms with E-state index in [1.165, 1.54) is 5.56 Å². The van der Waals surface area contributed by atoms with Crippen LogP contribution in [0.25, 0.3) is 0 Å². The Bertz CT molecular complexity index is 880. The van der Waals surface area contributed by atoms with Crippen LogP contribution in [-0.4, -0.2) is 59.8 Å². The van der Waals surface area contributed by atoms with Crippen molar-refractivity contribution in [1.82, 2.24) is 20.2 Å². The van der Waals surface area contributed by atoms with Crippen LogP contribution in [0.2, 0.25) is 5.02 Å².